The molecule has 2 aliphatic carbocycles. The number of hydrogen-bond acceptors (Lipinski definition) is 8. The number of amides is 2. The summed E-state index contributed by atoms with van der Waals surface area (Å²) in [5.41, 5.74) is 1.21. The number of Topliss-reactive ketones (excluding diaryl/α,β-unsaturated/α-hetero) is 1. The Labute approximate surface area is 251 Å². The van der Waals surface area contributed by atoms with Gasteiger partial charge in [0.05, 0.1) is 43.8 Å². The zero-order valence-corrected chi connectivity index (χ0v) is 27.3. The molecule has 0 aliphatic heterocycles. The van der Waals surface area contributed by atoms with Gasteiger partial charge in [-0.15, -0.1) is 5.10 Å². The van der Waals surface area contributed by atoms with Gasteiger partial charge < -0.3 is 25.4 Å². The molecule has 2 amide bonds. The van der Waals surface area contributed by atoms with Gasteiger partial charge in [0.25, 0.3) is 0 Å². The highest BCUT2D eigenvalue weighted by molar-refractivity contribution is 5.88. The van der Waals surface area contributed by atoms with E-state index in [1.807, 2.05) is 46.2 Å². The maximum Gasteiger partial charge on any atom is 0.407 e. The van der Waals surface area contributed by atoms with Crippen LogP contribution < -0.4 is 16.0 Å². The molecule has 0 aromatic carbocycles. The molecule has 1 saturated carbocycles. The Balaban J connectivity index is 1.41. The summed E-state index contributed by atoms with van der Waals surface area (Å²) in [4.78, 5) is 37.3. The number of nitrogens with one attached hydrogen (secondary N) is 3. The molecule has 1 aromatic rings. The summed E-state index contributed by atoms with van der Waals surface area (Å²) in [5.74, 6) is 1.51. The Morgan fingerprint density at radius 3 is 2.24 bits per heavy atom. The van der Waals surface area contributed by atoms with E-state index < -0.39 is 11.5 Å². The lowest BCUT2D eigenvalue weighted by Crippen LogP contribution is -2.53. The SMILES string of the molecule is CC(C)(C)NC(=O)CCOCCNC(=O)OCC1C2CCc3nnn(CC(NC(C)(C)C)C(=O)C(C)(C)C)c3CCC21. The van der Waals surface area contributed by atoms with Crippen LogP contribution in [-0.4, -0.2) is 76.3 Å². The molecular formula is C31H54N6O5. The van der Waals surface area contributed by atoms with Gasteiger partial charge in [-0.05, 0) is 85.0 Å². The number of hydrogen-bond donors (Lipinski definition) is 3. The largest absolute Gasteiger partial charge is 0.449 e. The fourth-order valence-corrected chi connectivity index (χ4v) is 5.83. The summed E-state index contributed by atoms with van der Waals surface area (Å²) >= 11 is 0. The average Bonchev–Trinajstić information content (AvgIpc) is 3.35. The van der Waals surface area contributed by atoms with Gasteiger partial charge in [0.15, 0.2) is 5.78 Å². The van der Waals surface area contributed by atoms with Crippen LogP contribution in [-0.2, 0) is 38.4 Å². The molecule has 1 aromatic heterocycles. The first-order valence-electron chi connectivity index (χ1n) is 15.5. The quantitative estimate of drug-likeness (QED) is 0.315. The number of nitrogens with zero attached hydrogens (tertiary/aromatic N) is 3. The highest BCUT2D eigenvalue weighted by Crippen LogP contribution is 2.52. The first kappa shape index (κ1) is 34.0. The predicted molar refractivity (Wildman–Crippen MR) is 161 cm³/mol. The Hall–Kier alpha value is -2.53. The number of aryl methyl sites for hydroxylation is 1. The summed E-state index contributed by atoms with van der Waals surface area (Å²) in [5, 5.41) is 18.1. The molecule has 11 nitrogen and oxygen atoms in total. The topological polar surface area (TPSA) is 136 Å². The predicted octanol–water partition coefficient (Wildman–Crippen LogP) is 3.44. The average molecular weight is 591 g/mol. The number of carbonyl (C=O) groups excluding carboxylic acids is 3. The number of carbonyl (C=O) groups is 3. The second kappa shape index (κ2) is 13.8. The van der Waals surface area contributed by atoms with Crippen molar-refractivity contribution in [2.75, 3.05) is 26.4 Å². The van der Waals surface area contributed by atoms with Crippen molar-refractivity contribution in [3.05, 3.63) is 11.4 Å². The second-order valence-corrected chi connectivity index (χ2v) is 15.0. The van der Waals surface area contributed by atoms with Crippen LogP contribution in [0, 0.1) is 23.2 Å². The van der Waals surface area contributed by atoms with Gasteiger partial charge in [-0.2, -0.15) is 0 Å². The zero-order valence-electron chi connectivity index (χ0n) is 27.3. The molecule has 4 unspecified atom stereocenters. The second-order valence-electron chi connectivity index (χ2n) is 15.0. The minimum absolute atomic E-state index is 0.0547. The van der Waals surface area contributed by atoms with E-state index in [9.17, 15) is 14.4 Å². The molecule has 0 saturated heterocycles. The van der Waals surface area contributed by atoms with Gasteiger partial charge in [-0.25, -0.2) is 9.48 Å². The van der Waals surface area contributed by atoms with Crippen LogP contribution in [0.5, 0.6) is 0 Å². The number of fused-ring (bicyclic) bond motifs is 2. The van der Waals surface area contributed by atoms with E-state index >= 15 is 0 Å². The zero-order chi connectivity index (χ0) is 31.3. The summed E-state index contributed by atoms with van der Waals surface area (Å²) in [6.45, 7) is 19.7. The van der Waals surface area contributed by atoms with Crippen molar-refractivity contribution < 1.29 is 23.9 Å². The number of rotatable bonds is 12. The molecule has 238 valence electrons. The van der Waals surface area contributed by atoms with Crippen LogP contribution >= 0.6 is 0 Å². The van der Waals surface area contributed by atoms with Crippen LogP contribution in [0.4, 0.5) is 4.79 Å². The summed E-state index contributed by atoms with van der Waals surface area (Å²) < 4.78 is 12.9. The molecule has 42 heavy (non-hydrogen) atoms. The van der Waals surface area contributed by atoms with Crippen LogP contribution in [0.1, 0.15) is 93.0 Å². The van der Waals surface area contributed by atoms with Crippen LogP contribution in [0.2, 0.25) is 0 Å². The molecule has 3 rings (SSSR count). The van der Waals surface area contributed by atoms with Gasteiger partial charge in [-0.3, -0.25) is 9.59 Å². The molecule has 0 radical (unpaired) electrons. The number of aromatic nitrogens is 3. The lowest BCUT2D eigenvalue weighted by molar-refractivity contribution is -0.129. The molecule has 2 aliphatic rings. The number of alkyl carbamates (subject to hydrolysis) is 1. The summed E-state index contributed by atoms with van der Waals surface area (Å²) in [6.07, 6.45) is 3.52. The lowest BCUT2D eigenvalue weighted by atomic mass is 9.85. The van der Waals surface area contributed by atoms with E-state index in [-0.39, 0.29) is 35.2 Å². The van der Waals surface area contributed by atoms with E-state index in [2.05, 4.69) is 47.0 Å². The smallest absolute Gasteiger partial charge is 0.407 e. The van der Waals surface area contributed by atoms with Crippen molar-refractivity contribution >= 4 is 17.8 Å². The maximum atomic E-state index is 13.3. The fraction of sp³-hybridized carbons (Fsp3) is 0.839. The van der Waals surface area contributed by atoms with E-state index in [1.165, 1.54) is 0 Å². The first-order chi connectivity index (χ1) is 19.4. The molecule has 11 heteroatoms. The van der Waals surface area contributed by atoms with Crippen molar-refractivity contribution in [3.8, 4) is 0 Å². The van der Waals surface area contributed by atoms with Gasteiger partial charge in [-0.1, -0.05) is 26.0 Å². The molecule has 0 spiro atoms. The van der Waals surface area contributed by atoms with Gasteiger partial charge in [0.2, 0.25) is 5.91 Å². The highest BCUT2D eigenvalue weighted by Gasteiger charge is 2.50. The third-order valence-electron chi connectivity index (χ3n) is 7.78. The third-order valence-corrected chi connectivity index (χ3v) is 7.78. The molecule has 1 heterocycles. The highest BCUT2D eigenvalue weighted by atomic mass is 16.5. The standard InChI is InChI=1S/C31H54N6O5/c1-29(2,3)27(39)24(33-30(4,5)6)18-37-25-13-11-21-20(10-12-23(25)35-36-37)22(21)19-42-28(40)32-15-17-41-16-14-26(38)34-31(7,8)9/h20-22,24,33H,10-19H2,1-9H3,(H,32,40)(H,34,38). The van der Waals surface area contributed by atoms with Crippen molar-refractivity contribution in [1.82, 2.24) is 30.9 Å². The molecule has 4 atom stereocenters. The number of ether oxygens (including phenoxy) is 2. The van der Waals surface area contributed by atoms with Crippen LogP contribution in [0.3, 0.4) is 0 Å². The summed E-state index contributed by atoms with van der Waals surface area (Å²) in [6, 6.07) is -0.354. The van der Waals surface area contributed by atoms with Crippen molar-refractivity contribution in [2.45, 2.75) is 118 Å². The minimum Gasteiger partial charge on any atom is -0.449 e. The Morgan fingerprint density at radius 1 is 0.952 bits per heavy atom. The van der Waals surface area contributed by atoms with Crippen LogP contribution in [0.15, 0.2) is 0 Å². The Morgan fingerprint density at radius 2 is 1.62 bits per heavy atom. The minimum atomic E-state index is -0.463. The molecular weight excluding hydrogens is 536 g/mol. The van der Waals surface area contributed by atoms with Gasteiger partial charge in [0, 0.05) is 29.5 Å². The van der Waals surface area contributed by atoms with Crippen LogP contribution in [0.25, 0.3) is 0 Å². The normalized spacial score (nSPS) is 21.3. The Kier molecular flexibility index (Phi) is 11.2. The van der Waals surface area contributed by atoms with Gasteiger partial charge in [0.1, 0.15) is 0 Å². The fourth-order valence-electron chi connectivity index (χ4n) is 5.83. The number of ketones is 1. The maximum absolute atomic E-state index is 13.3. The molecule has 0 bridgehead atoms. The lowest BCUT2D eigenvalue weighted by Gasteiger charge is -2.32. The first-order valence-corrected chi connectivity index (χ1v) is 15.5. The van der Waals surface area contributed by atoms with Crippen molar-refractivity contribution in [3.63, 3.8) is 0 Å². The molecule has 1 fully saturated rings. The third kappa shape index (κ3) is 10.6. The van der Waals surface area contributed by atoms with E-state index in [1.54, 1.807) is 0 Å². The van der Waals surface area contributed by atoms with E-state index in [0.29, 0.717) is 50.7 Å². The van der Waals surface area contributed by atoms with Crippen molar-refractivity contribution in [2.24, 2.45) is 23.2 Å². The molecule has 3 N–H and O–H groups in total. The van der Waals surface area contributed by atoms with Crippen molar-refractivity contribution in [1.29, 1.82) is 0 Å². The summed E-state index contributed by atoms with van der Waals surface area (Å²) in [7, 11) is 0. The van der Waals surface area contributed by atoms with E-state index in [0.717, 1.165) is 37.1 Å². The monoisotopic (exact) mass is 590 g/mol. The Bertz CT molecular complexity index is 1080. The van der Waals surface area contributed by atoms with Gasteiger partial charge >= 0.3 is 6.09 Å². The van der Waals surface area contributed by atoms with E-state index in [4.69, 9.17) is 9.47 Å².